The van der Waals surface area contributed by atoms with Crippen molar-refractivity contribution in [1.29, 1.82) is 0 Å². The van der Waals surface area contributed by atoms with E-state index in [1.807, 2.05) is 0 Å². The fourth-order valence-corrected chi connectivity index (χ4v) is 3.83. The van der Waals surface area contributed by atoms with Crippen LogP contribution in [0.5, 0.6) is 0 Å². The molecule has 5 rings (SSSR count). The van der Waals surface area contributed by atoms with Crippen LogP contribution in [0.25, 0.3) is 11.1 Å². The van der Waals surface area contributed by atoms with Crippen molar-refractivity contribution in [3.05, 3.63) is 114 Å². The number of furan rings is 1. The van der Waals surface area contributed by atoms with Crippen LogP contribution >= 0.6 is 0 Å². The zero-order valence-corrected chi connectivity index (χ0v) is 17.5. The number of hydrogen-bond acceptors (Lipinski definition) is 5. The van der Waals surface area contributed by atoms with Gasteiger partial charge in [0, 0.05) is 18.0 Å². The van der Waals surface area contributed by atoms with Gasteiger partial charge < -0.3 is 14.2 Å². The second-order valence-electron chi connectivity index (χ2n) is 7.64. The van der Waals surface area contributed by atoms with Crippen molar-refractivity contribution in [1.82, 2.24) is 9.88 Å². The van der Waals surface area contributed by atoms with Gasteiger partial charge in [0.2, 0.25) is 12.1 Å². The first kappa shape index (κ1) is 21.7. The van der Waals surface area contributed by atoms with Gasteiger partial charge in [-0.3, -0.25) is 4.98 Å². The topological polar surface area (TPSA) is 50.9 Å². The molecule has 1 aliphatic heterocycles. The van der Waals surface area contributed by atoms with E-state index in [0.29, 0.717) is 11.6 Å². The Balaban J connectivity index is 1.54. The van der Waals surface area contributed by atoms with Gasteiger partial charge in [0.15, 0.2) is 5.76 Å². The summed E-state index contributed by atoms with van der Waals surface area (Å²) >= 11 is 0. The first-order valence-electron chi connectivity index (χ1n) is 10.3. The maximum Gasteiger partial charge on any atom is 0.416 e. The Morgan fingerprint density at radius 1 is 0.971 bits per heavy atom. The van der Waals surface area contributed by atoms with E-state index < -0.39 is 18.0 Å². The molecule has 2 aromatic heterocycles. The van der Waals surface area contributed by atoms with Crippen LogP contribution in [0, 0.1) is 5.82 Å². The van der Waals surface area contributed by atoms with Gasteiger partial charge in [-0.15, -0.1) is 0 Å². The fourth-order valence-electron chi connectivity index (χ4n) is 3.83. The number of benzene rings is 2. The molecule has 4 aromatic rings. The Hall–Kier alpha value is -4.14. The van der Waals surface area contributed by atoms with Gasteiger partial charge in [0.25, 0.3) is 0 Å². The molecule has 0 spiro atoms. The molecule has 0 bridgehead atoms. The lowest BCUT2D eigenvalue weighted by atomic mass is 10.0. The standard InChI is InChI=1S/C25H17F4N3O2/c26-20-8-6-16(7-9-20)21-10-11-30-14-18(21)15-32-23(22-5-2-12-33-22)31-34-24(32)17-3-1-4-19(13-17)25(27,28)29/h1-14,24H,15H2. The number of halogens is 4. The molecule has 5 nitrogen and oxygen atoms in total. The largest absolute Gasteiger partial charge is 0.461 e. The van der Waals surface area contributed by atoms with E-state index in [4.69, 9.17) is 9.25 Å². The summed E-state index contributed by atoms with van der Waals surface area (Å²) < 4.78 is 58.9. The van der Waals surface area contributed by atoms with E-state index in [0.717, 1.165) is 28.8 Å². The average Bonchev–Trinajstić information content (AvgIpc) is 3.50. The molecule has 2 aromatic carbocycles. The number of nitrogens with zero attached hydrogens (tertiary/aromatic N) is 3. The molecule has 0 fully saturated rings. The van der Waals surface area contributed by atoms with E-state index >= 15 is 0 Å². The van der Waals surface area contributed by atoms with Crippen LogP contribution in [0.2, 0.25) is 0 Å². The van der Waals surface area contributed by atoms with E-state index in [-0.39, 0.29) is 17.9 Å². The molecule has 9 heteroatoms. The lowest BCUT2D eigenvalue weighted by Crippen LogP contribution is -2.31. The second-order valence-corrected chi connectivity index (χ2v) is 7.64. The first-order chi connectivity index (χ1) is 16.4. The predicted octanol–water partition coefficient (Wildman–Crippen LogP) is 6.39. The number of oxime groups is 1. The molecule has 0 saturated carbocycles. The number of pyridine rings is 1. The highest BCUT2D eigenvalue weighted by Crippen LogP contribution is 2.37. The Morgan fingerprint density at radius 2 is 1.79 bits per heavy atom. The molecule has 0 aliphatic carbocycles. The van der Waals surface area contributed by atoms with Crippen molar-refractivity contribution in [3.8, 4) is 11.1 Å². The normalized spacial score (nSPS) is 15.8. The van der Waals surface area contributed by atoms with E-state index in [9.17, 15) is 17.6 Å². The Morgan fingerprint density at radius 3 is 2.53 bits per heavy atom. The van der Waals surface area contributed by atoms with Gasteiger partial charge >= 0.3 is 6.18 Å². The minimum Gasteiger partial charge on any atom is -0.461 e. The van der Waals surface area contributed by atoms with Gasteiger partial charge in [-0.05, 0) is 59.2 Å². The molecule has 0 amide bonds. The summed E-state index contributed by atoms with van der Waals surface area (Å²) in [6, 6.07) is 16.1. The third kappa shape index (κ3) is 4.24. The summed E-state index contributed by atoms with van der Waals surface area (Å²) in [5.74, 6) is 0.382. The highest BCUT2D eigenvalue weighted by atomic mass is 19.4. The van der Waals surface area contributed by atoms with Crippen LogP contribution in [0.4, 0.5) is 17.6 Å². The number of rotatable bonds is 5. The molecule has 1 unspecified atom stereocenters. The lowest BCUT2D eigenvalue weighted by molar-refractivity contribution is -0.137. The summed E-state index contributed by atoms with van der Waals surface area (Å²) in [6.07, 6.45) is -0.678. The molecular weight excluding hydrogens is 450 g/mol. The van der Waals surface area contributed by atoms with Crippen LogP contribution in [0.15, 0.2) is 95.0 Å². The number of amidine groups is 1. The van der Waals surface area contributed by atoms with Crippen LogP contribution in [0.3, 0.4) is 0 Å². The van der Waals surface area contributed by atoms with Crippen molar-refractivity contribution < 1.29 is 26.8 Å². The van der Waals surface area contributed by atoms with Gasteiger partial charge in [0.05, 0.1) is 18.4 Å². The quantitative estimate of drug-likeness (QED) is 0.319. The minimum atomic E-state index is -4.50. The molecule has 0 radical (unpaired) electrons. The Bertz CT molecular complexity index is 1320. The van der Waals surface area contributed by atoms with Crippen molar-refractivity contribution in [3.63, 3.8) is 0 Å². The van der Waals surface area contributed by atoms with Crippen LogP contribution < -0.4 is 0 Å². The number of aromatic nitrogens is 1. The van der Waals surface area contributed by atoms with Crippen LogP contribution in [-0.2, 0) is 17.6 Å². The third-order valence-electron chi connectivity index (χ3n) is 5.43. The lowest BCUT2D eigenvalue weighted by Gasteiger charge is -2.26. The smallest absolute Gasteiger partial charge is 0.416 e. The highest BCUT2D eigenvalue weighted by Gasteiger charge is 2.37. The minimum absolute atomic E-state index is 0.195. The summed E-state index contributed by atoms with van der Waals surface area (Å²) in [5, 5.41) is 4.12. The Kier molecular flexibility index (Phi) is 5.53. The molecule has 0 N–H and O–H groups in total. The monoisotopic (exact) mass is 467 g/mol. The van der Waals surface area contributed by atoms with E-state index in [2.05, 4.69) is 10.1 Å². The Labute approximate surface area is 191 Å². The van der Waals surface area contributed by atoms with Gasteiger partial charge in [-0.1, -0.05) is 29.4 Å². The second kappa shape index (κ2) is 8.66. The first-order valence-corrected chi connectivity index (χ1v) is 10.3. The van der Waals surface area contributed by atoms with E-state index in [1.165, 1.54) is 24.5 Å². The zero-order valence-electron chi connectivity index (χ0n) is 17.5. The average molecular weight is 467 g/mol. The molecule has 172 valence electrons. The zero-order chi connectivity index (χ0) is 23.7. The van der Waals surface area contributed by atoms with Crippen molar-refractivity contribution in [2.24, 2.45) is 5.16 Å². The molecular formula is C25H17F4N3O2. The maximum atomic E-state index is 13.5. The summed E-state index contributed by atoms with van der Waals surface area (Å²) in [6.45, 7) is 0.195. The summed E-state index contributed by atoms with van der Waals surface area (Å²) in [5.41, 5.74) is 1.81. The van der Waals surface area contributed by atoms with Crippen LogP contribution in [-0.4, -0.2) is 15.7 Å². The molecule has 3 heterocycles. The molecule has 1 aliphatic rings. The van der Waals surface area contributed by atoms with Crippen molar-refractivity contribution in [2.75, 3.05) is 0 Å². The maximum absolute atomic E-state index is 13.5. The third-order valence-corrected chi connectivity index (χ3v) is 5.43. The molecule has 1 atom stereocenters. The number of alkyl halides is 3. The van der Waals surface area contributed by atoms with Gasteiger partial charge in [-0.2, -0.15) is 13.2 Å². The molecule has 34 heavy (non-hydrogen) atoms. The molecule has 0 saturated heterocycles. The fraction of sp³-hybridized carbons (Fsp3) is 0.120. The van der Waals surface area contributed by atoms with Crippen molar-refractivity contribution >= 4 is 5.84 Å². The summed E-state index contributed by atoms with van der Waals surface area (Å²) in [4.78, 5) is 11.5. The van der Waals surface area contributed by atoms with Crippen LogP contribution in [0.1, 0.15) is 28.7 Å². The van der Waals surface area contributed by atoms with Gasteiger partial charge in [0.1, 0.15) is 5.82 Å². The van der Waals surface area contributed by atoms with E-state index in [1.54, 1.807) is 53.7 Å². The van der Waals surface area contributed by atoms with Gasteiger partial charge in [-0.25, -0.2) is 4.39 Å². The number of hydrogen-bond donors (Lipinski definition) is 0. The highest BCUT2D eigenvalue weighted by molar-refractivity contribution is 5.96. The SMILES string of the molecule is Fc1ccc(-c2ccncc2CN2C(c3ccco3)=NOC2c2cccc(C(F)(F)F)c2)cc1. The summed E-state index contributed by atoms with van der Waals surface area (Å²) in [7, 11) is 0. The van der Waals surface area contributed by atoms with Crippen molar-refractivity contribution in [2.45, 2.75) is 18.9 Å². The predicted molar refractivity (Wildman–Crippen MR) is 116 cm³/mol.